The maximum Gasteiger partial charge on any atom is 0.261 e. The molecule has 0 radical (unpaired) electrons. The minimum atomic E-state index is 0.0569. The van der Waals surface area contributed by atoms with E-state index >= 15 is 0 Å². The van der Waals surface area contributed by atoms with Crippen molar-refractivity contribution in [1.82, 2.24) is 9.88 Å². The molecule has 1 aromatic heterocycles. The van der Waals surface area contributed by atoms with Crippen LogP contribution < -0.4 is 4.74 Å². The zero-order valence-corrected chi connectivity index (χ0v) is 14.7. The number of nitrogens with one attached hydrogen (secondary N) is 1. The number of likely N-dealkylation sites (tertiary alicyclic amines) is 1. The molecule has 0 saturated carbocycles. The van der Waals surface area contributed by atoms with E-state index in [0.717, 1.165) is 36.4 Å². The molecule has 2 aromatic rings. The lowest BCUT2D eigenvalue weighted by molar-refractivity contribution is -0.134. The molecule has 4 nitrogen and oxygen atoms in total. The van der Waals surface area contributed by atoms with Crippen molar-refractivity contribution in [3.8, 4) is 5.75 Å². The first-order valence-corrected chi connectivity index (χ1v) is 8.72. The molecule has 4 heteroatoms. The lowest BCUT2D eigenvalue weighted by atomic mass is 10.0. The molecular formula is C20H26N2O2. The summed E-state index contributed by atoms with van der Waals surface area (Å²) in [7, 11) is 0. The van der Waals surface area contributed by atoms with Crippen LogP contribution >= 0.6 is 0 Å². The fourth-order valence-corrected chi connectivity index (χ4v) is 3.29. The number of carbonyl (C=O) groups excluding carboxylic acids is 1. The summed E-state index contributed by atoms with van der Waals surface area (Å²) in [4.78, 5) is 17.8. The largest absolute Gasteiger partial charge is 0.483 e. The minimum absolute atomic E-state index is 0.0569. The van der Waals surface area contributed by atoms with Gasteiger partial charge in [-0.15, -0.1) is 0 Å². The van der Waals surface area contributed by atoms with Crippen LogP contribution in [0.1, 0.15) is 55.5 Å². The highest BCUT2D eigenvalue weighted by atomic mass is 16.5. The molecule has 1 atom stereocenters. The van der Waals surface area contributed by atoms with Gasteiger partial charge in [0.15, 0.2) is 6.61 Å². The Morgan fingerprint density at radius 1 is 1.38 bits per heavy atom. The number of hydrogen-bond donors (Lipinski definition) is 1. The van der Waals surface area contributed by atoms with Crippen LogP contribution in [0.4, 0.5) is 0 Å². The molecule has 0 aliphatic carbocycles. The number of benzene rings is 1. The quantitative estimate of drug-likeness (QED) is 0.895. The molecule has 3 rings (SSSR count). The number of rotatable bonds is 5. The van der Waals surface area contributed by atoms with Crippen LogP contribution in [-0.2, 0) is 4.79 Å². The average Bonchev–Trinajstić information content (AvgIpc) is 3.24. The summed E-state index contributed by atoms with van der Waals surface area (Å²) < 4.78 is 5.87. The fraction of sp³-hybridized carbons (Fsp3) is 0.450. The van der Waals surface area contributed by atoms with E-state index in [9.17, 15) is 4.79 Å². The standard InChI is InChI=1S/C20H26N2O2/c1-14(2)16-9-8-15(3)19(12-16)24-13-20(23)22-11-5-7-18(22)17-6-4-10-21-17/h4,6,8-10,12,14,18,21H,5,7,11,13H2,1-3H3/t18-/m0/s1. The van der Waals surface area contributed by atoms with E-state index in [0.29, 0.717) is 5.92 Å². The number of amides is 1. The Labute approximate surface area is 143 Å². The van der Waals surface area contributed by atoms with Gasteiger partial charge in [0, 0.05) is 18.4 Å². The van der Waals surface area contributed by atoms with Crippen molar-refractivity contribution >= 4 is 5.91 Å². The minimum Gasteiger partial charge on any atom is -0.483 e. The van der Waals surface area contributed by atoms with Gasteiger partial charge in [0.1, 0.15) is 5.75 Å². The van der Waals surface area contributed by atoms with Gasteiger partial charge in [-0.05, 0) is 55.0 Å². The molecule has 1 amide bonds. The van der Waals surface area contributed by atoms with E-state index in [2.05, 4.69) is 37.0 Å². The molecule has 0 spiro atoms. The van der Waals surface area contributed by atoms with E-state index in [1.54, 1.807) is 0 Å². The van der Waals surface area contributed by atoms with Gasteiger partial charge in [0.2, 0.25) is 0 Å². The first-order valence-electron chi connectivity index (χ1n) is 8.72. The molecular weight excluding hydrogens is 300 g/mol. The lowest BCUT2D eigenvalue weighted by Gasteiger charge is -2.24. The summed E-state index contributed by atoms with van der Waals surface area (Å²) in [6.45, 7) is 7.23. The second kappa shape index (κ2) is 7.12. The maximum absolute atomic E-state index is 12.6. The topological polar surface area (TPSA) is 45.3 Å². The van der Waals surface area contributed by atoms with Gasteiger partial charge in [-0.2, -0.15) is 0 Å². The van der Waals surface area contributed by atoms with Gasteiger partial charge in [-0.25, -0.2) is 0 Å². The van der Waals surface area contributed by atoms with Crippen molar-refractivity contribution in [3.63, 3.8) is 0 Å². The van der Waals surface area contributed by atoms with Crippen molar-refractivity contribution in [3.05, 3.63) is 53.3 Å². The Balaban J connectivity index is 1.66. The first-order chi connectivity index (χ1) is 11.6. The van der Waals surface area contributed by atoms with E-state index < -0.39 is 0 Å². The van der Waals surface area contributed by atoms with Crippen LogP contribution in [0.2, 0.25) is 0 Å². The number of H-pyrrole nitrogens is 1. The molecule has 1 aliphatic heterocycles. The van der Waals surface area contributed by atoms with E-state index in [4.69, 9.17) is 4.74 Å². The number of nitrogens with zero attached hydrogens (tertiary/aromatic N) is 1. The molecule has 0 unspecified atom stereocenters. The van der Waals surface area contributed by atoms with Crippen LogP contribution in [0, 0.1) is 6.92 Å². The second-order valence-electron chi connectivity index (χ2n) is 6.84. The molecule has 1 aromatic carbocycles. The van der Waals surface area contributed by atoms with Crippen molar-refractivity contribution in [2.24, 2.45) is 0 Å². The van der Waals surface area contributed by atoms with Gasteiger partial charge in [-0.1, -0.05) is 26.0 Å². The summed E-state index contributed by atoms with van der Waals surface area (Å²) in [5.74, 6) is 1.31. The molecule has 2 heterocycles. The van der Waals surface area contributed by atoms with Gasteiger partial charge in [0.25, 0.3) is 5.91 Å². The predicted octanol–water partition coefficient (Wildman–Crippen LogP) is 4.19. The van der Waals surface area contributed by atoms with Crippen molar-refractivity contribution < 1.29 is 9.53 Å². The molecule has 24 heavy (non-hydrogen) atoms. The Bertz CT molecular complexity index is 692. The second-order valence-corrected chi connectivity index (χ2v) is 6.84. The van der Waals surface area contributed by atoms with E-state index in [1.165, 1.54) is 5.56 Å². The molecule has 1 fully saturated rings. The molecule has 0 bridgehead atoms. The number of aromatic amines is 1. The third-order valence-corrected chi connectivity index (χ3v) is 4.78. The van der Waals surface area contributed by atoms with Crippen LogP contribution in [0.25, 0.3) is 0 Å². The van der Waals surface area contributed by atoms with E-state index in [-0.39, 0.29) is 18.6 Å². The third-order valence-electron chi connectivity index (χ3n) is 4.78. The van der Waals surface area contributed by atoms with Gasteiger partial charge in [-0.3, -0.25) is 4.79 Å². The van der Waals surface area contributed by atoms with Crippen LogP contribution in [-0.4, -0.2) is 28.9 Å². The van der Waals surface area contributed by atoms with Crippen molar-refractivity contribution in [1.29, 1.82) is 0 Å². The zero-order valence-electron chi connectivity index (χ0n) is 14.7. The Morgan fingerprint density at radius 3 is 2.92 bits per heavy atom. The Hall–Kier alpha value is -2.23. The van der Waals surface area contributed by atoms with Crippen LogP contribution in [0.3, 0.4) is 0 Å². The highest BCUT2D eigenvalue weighted by Gasteiger charge is 2.30. The highest BCUT2D eigenvalue weighted by Crippen LogP contribution is 2.31. The number of aromatic nitrogens is 1. The molecule has 1 saturated heterocycles. The first kappa shape index (κ1) is 16.6. The Morgan fingerprint density at radius 2 is 2.21 bits per heavy atom. The van der Waals surface area contributed by atoms with Gasteiger partial charge in [0.05, 0.1) is 6.04 Å². The van der Waals surface area contributed by atoms with Crippen LogP contribution in [0.5, 0.6) is 5.75 Å². The normalized spacial score (nSPS) is 17.5. The monoisotopic (exact) mass is 326 g/mol. The third kappa shape index (κ3) is 3.48. The molecule has 1 N–H and O–H groups in total. The highest BCUT2D eigenvalue weighted by molar-refractivity contribution is 5.78. The van der Waals surface area contributed by atoms with E-state index in [1.807, 2.05) is 30.2 Å². The summed E-state index contributed by atoms with van der Waals surface area (Å²) in [5.41, 5.74) is 3.40. The Kier molecular flexibility index (Phi) is 4.93. The van der Waals surface area contributed by atoms with Gasteiger partial charge >= 0.3 is 0 Å². The smallest absolute Gasteiger partial charge is 0.261 e. The number of hydrogen-bond acceptors (Lipinski definition) is 2. The maximum atomic E-state index is 12.6. The lowest BCUT2D eigenvalue weighted by Crippen LogP contribution is -2.34. The van der Waals surface area contributed by atoms with Crippen molar-refractivity contribution in [2.45, 2.75) is 45.6 Å². The number of aryl methyl sites for hydroxylation is 1. The summed E-state index contributed by atoms with van der Waals surface area (Å²) in [6, 6.07) is 10.4. The molecule has 1 aliphatic rings. The number of ether oxygens (including phenoxy) is 1. The average molecular weight is 326 g/mol. The fourth-order valence-electron chi connectivity index (χ4n) is 3.29. The summed E-state index contributed by atoms with van der Waals surface area (Å²) in [6.07, 6.45) is 3.96. The summed E-state index contributed by atoms with van der Waals surface area (Å²) >= 11 is 0. The van der Waals surface area contributed by atoms with Gasteiger partial charge < -0.3 is 14.6 Å². The van der Waals surface area contributed by atoms with Crippen molar-refractivity contribution in [2.75, 3.05) is 13.2 Å². The summed E-state index contributed by atoms with van der Waals surface area (Å²) in [5, 5.41) is 0. The SMILES string of the molecule is Cc1ccc(C(C)C)cc1OCC(=O)N1CCC[C@H]1c1ccc[nH]1. The number of carbonyl (C=O) groups is 1. The predicted molar refractivity (Wildman–Crippen MR) is 95.2 cm³/mol. The van der Waals surface area contributed by atoms with Crippen LogP contribution in [0.15, 0.2) is 36.5 Å². The zero-order chi connectivity index (χ0) is 17.1. The molecule has 128 valence electrons.